The van der Waals surface area contributed by atoms with Gasteiger partial charge in [0.05, 0.1) is 35.8 Å². The van der Waals surface area contributed by atoms with Gasteiger partial charge in [0.1, 0.15) is 6.04 Å². The van der Waals surface area contributed by atoms with Crippen molar-refractivity contribution in [2.75, 3.05) is 19.8 Å². The number of carbonyl (C=O) groups excluding carboxylic acids is 3. The van der Waals surface area contributed by atoms with Crippen LogP contribution in [0.4, 0.5) is 0 Å². The van der Waals surface area contributed by atoms with Crippen molar-refractivity contribution in [3.63, 3.8) is 0 Å². The molecule has 3 heterocycles. The van der Waals surface area contributed by atoms with Crippen molar-refractivity contribution in [1.29, 1.82) is 0 Å². The van der Waals surface area contributed by atoms with Crippen LogP contribution in [0.25, 0.3) is 0 Å². The maximum Gasteiger partial charge on any atom is 0.310 e. The molecule has 39 heavy (non-hydrogen) atoms. The van der Waals surface area contributed by atoms with E-state index in [-0.39, 0.29) is 53.0 Å². The third-order valence-corrected chi connectivity index (χ3v) is 12.7. The van der Waals surface area contributed by atoms with E-state index in [1.165, 1.54) is 6.42 Å². The van der Waals surface area contributed by atoms with Gasteiger partial charge in [-0.25, -0.2) is 0 Å². The van der Waals surface area contributed by atoms with Gasteiger partial charge in [-0.15, -0.1) is 24.9 Å². The molecule has 4 aliphatic rings. The Kier molecular flexibility index (Phi) is 10.3. The Bertz CT molecular complexity index is 942. The van der Waals surface area contributed by atoms with Crippen molar-refractivity contribution < 1.29 is 24.2 Å². The zero-order valence-electron chi connectivity index (χ0n) is 23.4. The van der Waals surface area contributed by atoms with Crippen LogP contribution in [0.1, 0.15) is 71.6 Å². The molecule has 7 nitrogen and oxygen atoms in total. The third-order valence-electron chi connectivity index (χ3n) is 9.50. The van der Waals surface area contributed by atoms with E-state index < -0.39 is 28.7 Å². The van der Waals surface area contributed by atoms with Crippen LogP contribution in [0.2, 0.25) is 0 Å². The highest BCUT2D eigenvalue weighted by Gasteiger charge is 2.77. The van der Waals surface area contributed by atoms with Gasteiger partial charge in [-0.3, -0.25) is 14.4 Å². The largest absolute Gasteiger partial charge is 0.465 e. The molecule has 0 aromatic rings. The number of allylic oxidation sites excluding steroid dienone is 1. The predicted molar refractivity (Wildman–Crippen MR) is 159 cm³/mol. The summed E-state index contributed by atoms with van der Waals surface area (Å²) in [5.74, 6) is -1.86. The summed E-state index contributed by atoms with van der Waals surface area (Å²) in [5, 5.41) is 10.4. The smallest absolute Gasteiger partial charge is 0.310 e. The first-order valence-electron chi connectivity index (χ1n) is 14.7. The maximum atomic E-state index is 14.7. The number of aliphatic hydroxyl groups excluding tert-OH is 1. The van der Waals surface area contributed by atoms with E-state index in [0.717, 1.165) is 38.5 Å². The van der Waals surface area contributed by atoms with Gasteiger partial charge >= 0.3 is 5.97 Å². The van der Waals surface area contributed by atoms with Crippen molar-refractivity contribution in [3.05, 3.63) is 25.3 Å². The van der Waals surface area contributed by atoms with E-state index in [4.69, 9.17) is 4.74 Å². The maximum absolute atomic E-state index is 14.7. The molecule has 1 spiro atoms. The van der Waals surface area contributed by atoms with E-state index >= 15 is 0 Å². The summed E-state index contributed by atoms with van der Waals surface area (Å²) in [6.45, 7) is 12.2. The molecule has 1 aliphatic carbocycles. The zero-order chi connectivity index (χ0) is 28.3. The first-order chi connectivity index (χ1) is 18.8. The fraction of sp³-hybridized carbons (Fsp3) is 0.767. The number of amides is 2. The van der Waals surface area contributed by atoms with Gasteiger partial charge in [-0.2, -0.15) is 0 Å². The minimum Gasteiger partial charge on any atom is -0.465 e. The van der Waals surface area contributed by atoms with E-state index in [2.05, 4.69) is 29.1 Å². The lowest BCUT2D eigenvalue weighted by atomic mass is 9.71. The number of alkyl halides is 1. The summed E-state index contributed by atoms with van der Waals surface area (Å²) in [4.78, 5) is 46.3. The molecular formula is C30H45BrN2O5S. The van der Waals surface area contributed by atoms with E-state index in [1.54, 1.807) is 28.8 Å². The van der Waals surface area contributed by atoms with Crippen LogP contribution in [-0.4, -0.2) is 85.4 Å². The number of hydrogen-bond donors (Lipinski definition) is 1. The van der Waals surface area contributed by atoms with Gasteiger partial charge in [0, 0.05) is 22.7 Å². The number of likely N-dealkylation sites (tertiary alicyclic amines) is 1. The molecule has 1 N–H and O–H groups in total. The molecule has 3 aliphatic heterocycles. The van der Waals surface area contributed by atoms with Crippen LogP contribution in [0.15, 0.2) is 25.3 Å². The Morgan fingerprint density at radius 1 is 1.28 bits per heavy atom. The number of halogens is 1. The highest BCUT2D eigenvalue weighted by molar-refractivity contribution is 9.09. The quantitative estimate of drug-likeness (QED) is 0.138. The second-order valence-corrected chi connectivity index (χ2v) is 14.4. The highest BCUT2D eigenvalue weighted by atomic mass is 79.9. The SMILES string of the molecule is C=CCCCOC(=O)[C@H]1[C@H]2C(=O)N([C@@H](CO)[C@@H](C)CC)C(C(=O)N(CC=C)C3CCCCC3)C23CC(Br)[C@@H]1S3. The molecule has 0 aromatic carbocycles. The minimum atomic E-state index is -0.743. The van der Waals surface area contributed by atoms with E-state index in [0.29, 0.717) is 19.4 Å². The van der Waals surface area contributed by atoms with E-state index in [1.807, 2.05) is 18.7 Å². The Labute approximate surface area is 246 Å². The summed E-state index contributed by atoms with van der Waals surface area (Å²) < 4.78 is 4.96. The lowest BCUT2D eigenvalue weighted by Gasteiger charge is -2.43. The molecule has 4 fully saturated rings. The van der Waals surface area contributed by atoms with Crippen molar-refractivity contribution in [2.45, 2.75) is 105 Å². The summed E-state index contributed by atoms with van der Waals surface area (Å²) in [6.07, 6.45) is 11.6. The second-order valence-electron chi connectivity index (χ2n) is 11.7. The average Bonchev–Trinajstić information content (AvgIpc) is 3.53. The Hall–Kier alpha value is -1.32. The third kappa shape index (κ3) is 5.49. The number of unbranched alkanes of at least 4 members (excludes halogenated alkanes) is 1. The van der Waals surface area contributed by atoms with Crippen molar-refractivity contribution in [1.82, 2.24) is 9.80 Å². The molecule has 8 atom stereocenters. The number of aliphatic hydroxyl groups is 1. The van der Waals surface area contributed by atoms with Crippen molar-refractivity contribution >= 4 is 45.5 Å². The molecule has 0 aromatic heterocycles. The number of ether oxygens (including phenoxy) is 1. The van der Waals surface area contributed by atoms with E-state index in [9.17, 15) is 19.5 Å². The Balaban J connectivity index is 1.75. The number of carbonyl (C=O) groups is 3. The van der Waals surface area contributed by atoms with Crippen LogP contribution in [0, 0.1) is 17.8 Å². The molecule has 4 rings (SSSR count). The Morgan fingerprint density at radius 3 is 2.62 bits per heavy atom. The number of esters is 1. The lowest BCUT2D eigenvalue weighted by molar-refractivity contribution is -0.155. The van der Waals surface area contributed by atoms with Gasteiger partial charge in [0.15, 0.2) is 0 Å². The number of nitrogens with zero attached hydrogens (tertiary/aromatic N) is 2. The van der Waals surface area contributed by atoms with Gasteiger partial charge in [0.25, 0.3) is 0 Å². The molecule has 2 bridgehead atoms. The number of hydrogen-bond acceptors (Lipinski definition) is 6. The number of rotatable bonds is 13. The number of thioether (sulfide) groups is 1. The van der Waals surface area contributed by atoms with Gasteiger partial charge in [-0.05, 0) is 38.0 Å². The van der Waals surface area contributed by atoms with Crippen molar-refractivity contribution in [3.8, 4) is 0 Å². The summed E-state index contributed by atoms with van der Waals surface area (Å²) in [5.41, 5.74) is 0. The van der Waals surface area contributed by atoms with Crippen LogP contribution >= 0.6 is 27.7 Å². The molecule has 3 saturated heterocycles. The summed E-state index contributed by atoms with van der Waals surface area (Å²) >= 11 is 5.45. The number of fused-ring (bicyclic) bond motifs is 1. The molecule has 2 amide bonds. The van der Waals surface area contributed by atoms with Gasteiger partial charge in [0.2, 0.25) is 11.8 Å². The zero-order valence-corrected chi connectivity index (χ0v) is 25.8. The average molecular weight is 626 g/mol. The first kappa shape index (κ1) is 30.6. The fourth-order valence-corrected chi connectivity index (χ4v) is 11.0. The van der Waals surface area contributed by atoms with Crippen LogP contribution in [-0.2, 0) is 19.1 Å². The molecule has 0 radical (unpaired) electrons. The molecular weight excluding hydrogens is 580 g/mol. The van der Waals surface area contributed by atoms with Crippen LogP contribution in [0.5, 0.6) is 0 Å². The minimum absolute atomic E-state index is 0.00159. The topological polar surface area (TPSA) is 87.1 Å². The molecule has 3 unspecified atom stereocenters. The standard InChI is InChI=1S/C30H45BrN2O5S/c1-5-8-12-16-38-29(37)23-24-27(35)33(22(18-34)19(4)7-3)26(30(24)17-21(31)25(23)39-30)28(36)32(15-6-2)20-13-10-9-11-14-20/h5-6,19-26,34H,1-2,7-18H2,3-4H3/t19-,21?,22-,23-,24-,25-,26?,30?/m0/s1. The van der Waals surface area contributed by atoms with Crippen LogP contribution in [0.3, 0.4) is 0 Å². The summed E-state index contributed by atoms with van der Waals surface area (Å²) in [7, 11) is 0. The summed E-state index contributed by atoms with van der Waals surface area (Å²) in [6, 6.07) is -1.12. The van der Waals surface area contributed by atoms with Gasteiger partial charge < -0.3 is 19.6 Å². The fourth-order valence-electron chi connectivity index (χ4n) is 7.39. The van der Waals surface area contributed by atoms with Crippen LogP contribution < -0.4 is 0 Å². The lowest BCUT2D eigenvalue weighted by Crippen LogP contribution is -2.60. The highest BCUT2D eigenvalue weighted by Crippen LogP contribution is 2.68. The predicted octanol–water partition coefficient (Wildman–Crippen LogP) is 4.71. The Morgan fingerprint density at radius 2 is 2.00 bits per heavy atom. The molecule has 9 heteroatoms. The normalized spacial score (nSPS) is 33.5. The molecule has 218 valence electrons. The van der Waals surface area contributed by atoms with Crippen molar-refractivity contribution in [2.24, 2.45) is 17.8 Å². The molecule has 1 saturated carbocycles. The van der Waals surface area contributed by atoms with Gasteiger partial charge in [-0.1, -0.05) is 67.6 Å². The second kappa shape index (κ2) is 13.1. The first-order valence-corrected chi connectivity index (χ1v) is 16.5. The monoisotopic (exact) mass is 624 g/mol.